The van der Waals surface area contributed by atoms with Gasteiger partial charge < -0.3 is 41.6 Å². The molecule has 21 rings (SSSR count). The summed E-state index contributed by atoms with van der Waals surface area (Å²) in [4.78, 5) is 0. The summed E-state index contributed by atoms with van der Waals surface area (Å²) in [5.74, 6) is 1.70. The number of aryl methyl sites for hydroxylation is 2. The van der Waals surface area contributed by atoms with Crippen molar-refractivity contribution in [2.45, 2.75) is 105 Å². The van der Waals surface area contributed by atoms with E-state index in [9.17, 15) is 9.13 Å². The molecule has 0 saturated heterocycles. The fourth-order valence-electron chi connectivity index (χ4n) is 18.5. The molecule has 2 aliphatic heterocycles. The summed E-state index contributed by atoms with van der Waals surface area (Å²) in [6, 6.07) is 153. The highest BCUT2D eigenvalue weighted by Gasteiger charge is 2.38. The Morgan fingerprint density at radius 3 is 0.739 bits per heavy atom. The predicted molar refractivity (Wildman–Crippen MR) is 583 cm³/mol. The van der Waals surface area contributed by atoms with Crippen LogP contribution in [0.2, 0.25) is 13.1 Å². The second-order valence-electron chi connectivity index (χ2n) is 36.5. The summed E-state index contributed by atoms with van der Waals surface area (Å²) >= 11 is 0. The third-order valence-corrected chi connectivity index (χ3v) is 41.8. The first-order valence-electron chi connectivity index (χ1n) is 47.5. The Balaban J connectivity index is 0.000000125. The summed E-state index contributed by atoms with van der Waals surface area (Å²) < 4.78 is 90.4. The Morgan fingerprint density at radius 2 is 0.464 bits per heavy atom. The molecule has 0 radical (unpaired) electrons. The second-order valence-corrected chi connectivity index (χ2v) is 52.0. The van der Waals surface area contributed by atoms with Crippen molar-refractivity contribution in [2.75, 3.05) is 0 Å². The van der Waals surface area contributed by atoms with Crippen LogP contribution in [0.1, 0.15) is 78.4 Å². The molecule has 0 atom stereocenters. The van der Waals surface area contributed by atoms with E-state index >= 15 is 9.13 Å². The molecule has 2 aliphatic rings. The topological polar surface area (TPSA) is 118 Å². The van der Waals surface area contributed by atoms with Gasteiger partial charge in [-0.1, -0.05) is 438 Å². The van der Waals surface area contributed by atoms with Crippen LogP contribution in [0.5, 0.6) is 23.0 Å². The van der Waals surface area contributed by atoms with Gasteiger partial charge in [-0.05, 0) is 132 Å². The van der Waals surface area contributed by atoms with E-state index < -0.39 is 48.2 Å². The third-order valence-electron chi connectivity index (χ3n) is 26.0. The molecule has 686 valence electrons. The predicted octanol–water partition coefficient (Wildman–Crippen LogP) is 26.4. The van der Waals surface area contributed by atoms with Crippen LogP contribution < -0.4 is 93.0 Å². The lowest BCUT2D eigenvalue weighted by Gasteiger charge is -2.25. The minimum absolute atomic E-state index is 0.697. The highest BCUT2D eigenvalue weighted by atomic mass is 31.2. The number of ether oxygens (including phenoxy) is 4. The Hall–Kier alpha value is -13.9. The van der Waals surface area contributed by atoms with E-state index in [1.165, 1.54) is 49.7 Å². The molecule has 18 aromatic carbocycles. The van der Waals surface area contributed by atoms with Crippen molar-refractivity contribution < 1.29 is 41.6 Å². The number of furan rings is 1. The number of hydrogen-bond acceptors (Lipinski definition) is 9. The number of fused-ring (bicyclic) bond motifs is 9. The summed E-state index contributed by atoms with van der Waals surface area (Å²) in [7, 11) is -14.0. The quantitative estimate of drug-likeness (QED) is 0.0483. The lowest BCUT2D eigenvalue weighted by atomic mass is 9.94. The molecule has 0 aliphatic carbocycles. The van der Waals surface area contributed by atoms with Crippen molar-refractivity contribution in [1.29, 1.82) is 0 Å². The smallest absolute Gasteiger partial charge is 0.245 e. The number of unbranched alkanes of at least 4 members (excludes halogenated alkanes) is 2. The first-order chi connectivity index (χ1) is 67.0. The monoisotopic (exact) mass is 1900 g/mol. The SMILES string of the molecule is CC1(C)Oc2ccccc2-c2cc(-c3ccc4c(c3)-c3ccccc3OC(C)(C)O4)ccc2O1.CCCCc1ccc([Si](C)(C)c2ccc(CCCC)cc2)cc1.O=P(c1ccccc1)(c1ccccc1)c1ccc(-c2ccc(P(=O)(c3ccccc3)c3ccccc3)cc2)cc1.O=P(c1ccccc1)(c1ccccc1)c1ccc2oc3ccc(P(=O)(c4ccccc4)c4ccccc4)cc3c2c1. The molecule has 0 bridgehead atoms. The molecule has 0 amide bonds. The maximum atomic E-state index is 15.0. The Kier molecular flexibility index (Phi) is 28.2. The van der Waals surface area contributed by atoms with Gasteiger partial charge in [-0.2, -0.15) is 0 Å². The first kappa shape index (κ1) is 94.5. The van der Waals surface area contributed by atoms with Crippen LogP contribution in [-0.2, 0) is 31.1 Å². The third kappa shape index (κ3) is 19.9. The fourth-order valence-corrected chi connectivity index (χ4v) is 31.5. The highest BCUT2D eigenvalue weighted by molar-refractivity contribution is 7.86. The van der Waals surface area contributed by atoms with Gasteiger partial charge in [-0.3, -0.25) is 0 Å². The van der Waals surface area contributed by atoms with Crippen molar-refractivity contribution in [3.05, 3.63) is 472 Å². The van der Waals surface area contributed by atoms with Crippen molar-refractivity contribution in [3.8, 4) is 67.5 Å². The van der Waals surface area contributed by atoms with Crippen molar-refractivity contribution in [1.82, 2.24) is 0 Å². The second kappa shape index (κ2) is 41.2. The van der Waals surface area contributed by atoms with E-state index in [-0.39, 0.29) is 0 Å². The summed E-state index contributed by atoms with van der Waals surface area (Å²) in [5.41, 5.74) is 12.6. The van der Waals surface area contributed by atoms with Gasteiger partial charge in [-0.25, -0.2) is 0 Å². The first-order valence-corrected chi connectivity index (χ1v) is 57.3. The van der Waals surface area contributed by atoms with E-state index in [0.29, 0.717) is 11.2 Å². The minimum Gasteiger partial charge on any atom is -0.456 e. The molecule has 9 nitrogen and oxygen atoms in total. The molecule has 19 aromatic rings. The van der Waals surface area contributed by atoms with Gasteiger partial charge in [0.2, 0.25) is 11.6 Å². The minimum atomic E-state index is -3.17. The van der Waals surface area contributed by atoms with Gasteiger partial charge in [-0.15, -0.1) is 0 Å². The van der Waals surface area contributed by atoms with E-state index in [2.05, 4.69) is 112 Å². The Labute approximate surface area is 812 Å². The Morgan fingerprint density at radius 1 is 0.232 bits per heavy atom. The van der Waals surface area contributed by atoms with Crippen LogP contribution in [-0.4, -0.2) is 19.6 Å². The standard InChI is InChI=1S/C36H26O3P2.C36H28O2P2.C30H26O4.C22H32Si/c37-40(27-13-5-1-6-14-27,28-15-7-2-8-16-28)31-21-23-35-33(25-31)34-26-32(22-24-36(34)39-35)41(38,29-17-9-3-10-18-29)30-19-11-4-12-20-30;37-39(31-13-5-1-6-14-31,32-15-7-2-8-16-32)35-25-21-29(22-26-35)30-23-27-36(28-24-30)40(38,33-17-9-3-10-18-33)34-19-11-4-12-20-34;1-29(2)31-25-11-7-5-9-21(25)23-17-19(13-15-27(23)33-29)20-14-16-28-24(18-20)22-10-6-8-12-26(22)32-30(3,4)34-28;1-5-7-9-19-11-15-21(16-12-19)23(3,4)22-17-13-20(14-18-22)10-8-6-2/h1-26H;1-28H;5-18H,1-4H3;11-18H,5-10H2,1-4H3. The fraction of sp³-hybridized carbons (Fsp3) is 0.129. The Bertz CT molecular complexity index is 7010. The van der Waals surface area contributed by atoms with Gasteiger partial charge in [0.1, 0.15) is 42.2 Å². The highest BCUT2D eigenvalue weighted by Crippen LogP contribution is 2.51. The molecular weight excluding hydrogens is 1790 g/mol. The molecule has 14 heteroatoms. The van der Waals surface area contributed by atoms with E-state index in [1.807, 2.05) is 404 Å². The van der Waals surface area contributed by atoms with Gasteiger partial charge in [0.05, 0.1) is 0 Å². The van der Waals surface area contributed by atoms with Gasteiger partial charge in [0, 0.05) is 124 Å². The average Bonchev–Trinajstić information content (AvgIpc) is 1.54. The summed E-state index contributed by atoms with van der Waals surface area (Å²) in [6.07, 6.45) is 7.55. The van der Waals surface area contributed by atoms with Crippen LogP contribution in [0.4, 0.5) is 0 Å². The average molecular weight is 1900 g/mol. The number of para-hydroxylation sites is 2. The number of hydrogen-bond donors (Lipinski definition) is 0. The zero-order valence-corrected chi connectivity index (χ0v) is 83.7. The summed E-state index contributed by atoms with van der Waals surface area (Å²) in [5, 5.41) is 14.2. The molecule has 3 heterocycles. The summed E-state index contributed by atoms with van der Waals surface area (Å²) in [6.45, 7) is 17.2. The van der Waals surface area contributed by atoms with Crippen LogP contribution in [0, 0.1) is 0 Å². The maximum absolute atomic E-state index is 15.0. The zero-order chi connectivity index (χ0) is 95.5. The molecule has 0 unspecified atom stereocenters. The molecule has 0 N–H and O–H groups in total. The van der Waals surface area contributed by atoms with Crippen molar-refractivity contribution in [2.24, 2.45) is 0 Å². The van der Waals surface area contributed by atoms with E-state index in [4.69, 9.17) is 23.4 Å². The molecule has 138 heavy (non-hydrogen) atoms. The van der Waals surface area contributed by atoms with Crippen LogP contribution >= 0.6 is 28.6 Å². The van der Waals surface area contributed by atoms with Crippen molar-refractivity contribution in [3.63, 3.8) is 0 Å². The van der Waals surface area contributed by atoms with Gasteiger partial charge in [0.25, 0.3) is 0 Å². The largest absolute Gasteiger partial charge is 0.456 e. The molecule has 1 aromatic heterocycles. The van der Waals surface area contributed by atoms with Crippen molar-refractivity contribution >= 4 is 133 Å². The van der Waals surface area contributed by atoms with Crippen LogP contribution in [0.25, 0.3) is 66.4 Å². The molecular formula is C124H112O9P4Si. The maximum Gasteiger partial charge on any atom is 0.245 e. The molecule has 0 saturated carbocycles. The van der Waals surface area contributed by atoms with E-state index in [0.717, 1.165) is 142 Å². The molecule has 0 spiro atoms. The van der Waals surface area contributed by atoms with E-state index in [1.54, 1.807) is 10.4 Å². The zero-order valence-electron chi connectivity index (χ0n) is 79.1. The van der Waals surface area contributed by atoms with Gasteiger partial charge in [0.15, 0.2) is 28.6 Å². The van der Waals surface area contributed by atoms with Crippen LogP contribution in [0.3, 0.4) is 0 Å². The normalized spacial score (nSPS) is 13.0. The number of rotatable bonds is 22. The molecule has 0 fully saturated rings. The lowest BCUT2D eigenvalue weighted by Crippen LogP contribution is -2.52. The lowest BCUT2D eigenvalue weighted by molar-refractivity contribution is -0.0784. The van der Waals surface area contributed by atoms with Crippen LogP contribution in [0.15, 0.2) is 465 Å². The number of benzene rings is 18. The van der Waals surface area contributed by atoms with Gasteiger partial charge >= 0.3 is 0 Å².